The van der Waals surface area contributed by atoms with E-state index >= 15 is 0 Å². The monoisotopic (exact) mass is 530 g/mol. The third kappa shape index (κ3) is 5.68. The van der Waals surface area contributed by atoms with Crippen LogP contribution in [0.5, 0.6) is 0 Å². The van der Waals surface area contributed by atoms with Gasteiger partial charge in [0.2, 0.25) is 0 Å². The van der Waals surface area contributed by atoms with Gasteiger partial charge in [0.15, 0.2) is 0 Å². The number of nitriles is 1. The molecule has 2 saturated heterocycles. The Kier molecular flexibility index (Phi) is 9.74. The first-order valence-corrected chi connectivity index (χ1v) is 13.9. The number of hydrogen-bond acceptors (Lipinski definition) is 8. The third-order valence-electron chi connectivity index (χ3n) is 6.59. The van der Waals surface area contributed by atoms with Crippen molar-refractivity contribution in [3.05, 3.63) is 31.9 Å². The molecule has 0 N–H and O–H groups in total. The number of aromatic nitrogens is 1. The van der Waals surface area contributed by atoms with Crippen molar-refractivity contribution in [1.82, 2.24) is 9.47 Å². The number of amides is 1. The second-order valence-corrected chi connectivity index (χ2v) is 10.7. The van der Waals surface area contributed by atoms with E-state index in [4.69, 9.17) is 17.0 Å². The summed E-state index contributed by atoms with van der Waals surface area (Å²) in [5, 5.41) is 9.84. The topological polar surface area (TPSA) is 95.6 Å². The number of pyridine rings is 1. The van der Waals surface area contributed by atoms with Crippen molar-refractivity contribution < 1.29 is 14.3 Å². The van der Waals surface area contributed by atoms with Crippen LogP contribution in [0.3, 0.4) is 0 Å². The van der Waals surface area contributed by atoms with Gasteiger partial charge in [-0.05, 0) is 51.2 Å². The van der Waals surface area contributed by atoms with E-state index in [1.54, 1.807) is 29.4 Å². The van der Waals surface area contributed by atoms with Crippen LogP contribution in [0.1, 0.15) is 69.6 Å². The summed E-state index contributed by atoms with van der Waals surface area (Å²) in [4.78, 5) is 43.0. The maximum Gasteiger partial charge on any atom is 0.309 e. The summed E-state index contributed by atoms with van der Waals surface area (Å²) in [5.41, 5.74) is 1.01. The highest BCUT2D eigenvalue weighted by Crippen LogP contribution is 2.37. The molecule has 194 valence electrons. The SMILES string of the molecule is CCCCn1c(N2CCC(C(=O)OCC)CC2)c(C=C2SC(=S)N(CCC)C2=O)c(C)c(C#N)c1=O. The fraction of sp³-hybridized carbons (Fsp3) is 0.577. The third-order valence-corrected chi connectivity index (χ3v) is 7.97. The lowest BCUT2D eigenvalue weighted by atomic mass is 9.95. The van der Waals surface area contributed by atoms with Crippen LogP contribution in [0.2, 0.25) is 0 Å². The van der Waals surface area contributed by atoms with Crippen LogP contribution in [-0.2, 0) is 20.9 Å². The molecule has 0 aliphatic carbocycles. The molecule has 1 amide bonds. The van der Waals surface area contributed by atoms with Crippen LogP contribution in [0, 0.1) is 24.2 Å². The molecule has 1 aromatic heterocycles. The minimum atomic E-state index is -0.318. The first-order chi connectivity index (χ1) is 17.3. The smallest absolute Gasteiger partial charge is 0.309 e. The van der Waals surface area contributed by atoms with E-state index in [9.17, 15) is 19.6 Å². The summed E-state index contributed by atoms with van der Waals surface area (Å²) >= 11 is 6.69. The van der Waals surface area contributed by atoms with Crippen LogP contribution in [-0.4, -0.2) is 51.9 Å². The number of unbranched alkanes of at least 4 members (excludes halogenated alkanes) is 1. The molecule has 3 rings (SSSR count). The fourth-order valence-corrected chi connectivity index (χ4v) is 5.93. The Labute approximate surface area is 222 Å². The second-order valence-electron chi connectivity index (χ2n) is 9.01. The highest BCUT2D eigenvalue weighted by molar-refractivity contribution is 8.26. The van der Waals surface area contributed by atoms with Gasteiger partial charge in [-0.2, -0.15) is 5.26 Å². The van der Waals surface area contributed by atoms with Crippen molar-refractivity contribution in [2.75, 3.05) is 31.1 Å². The fourth-order valence-electron chi connectivity index (χ4n) is 4.64. The van der Waals surface area contributed by atoms with Gasteiger partial charge in [-0.1, -0.05) is 44.2 Å². The molecule has 1 aromatic rings. The summed E-state index contributed by atoms with van der Waals surface area (Å²) < 4.78 is 7.41. The quantitative estimate of drug-likeness (QED) is 0.266. The highest BCUT2D eigenvalue weighted by atomic mass is 32.2. The number of esters is 1. The molecule has 0 atom stereocenters. The average molecular weight is 531 g/mol. The van der Waals surface area contributed by atoms with Gasteiger partial charge in [-0.25, -0.2) is 0 Å². The van der Waals surface area contributed by atoms with Gasteiger partial charge in [0.1, 0.15) is 21.8 Å². The first kappa shape index (κ1) is 27.9. The average Bonchev–Trinajstić information content (AvgIpc) is 3.13. The van der Waals surface area contributed by atoms with E-state index in [0.717, 1.165) is 19.3 Å². The molecule has 36 heavy (non-hydrogen) atoms. The Bertz CT molecular complexity index is 1160. The summed E-state index contributed by atoms with van der Waals surface area (Å²) in [6.45, 7) is 10.1. The summed E-state index contributed by atoms with van der Waals surface area (Å²) in [6, 6.07) is 2.09. The summed E-state index contributed by atoms with van der Waals surface area (Å²) in [7, 11) is 0. The molecule has 10 heteroatoms. The molecule has 2 aliphatic heterocycles. The molecule has 0 radical (unpaired) electrons. The number of ether oxygens (including phenoxy) is 1. The molecule has 0 spiro atoms. The van der Waals surface area contributed by atoms with Crippen molar-refractivity contribution in [3.63, 3.8) is 0 Å². The molecule has 0 aromatic carbocycles. The van der Waals surface area contributed by atoms with E-state index in [-0.39, 0.29) is 28.9 Å². The highest BCUT2D eigenvalue weighted by Gasteiger charge is 2.34. The zero-order valence-electron chi connectivity index (χ0n) is 21.5. The lowest BCUT2D eigenvalue weighted by Gasteiger charge is -2.35. The number of thiocarbonyl (C=S) groups is 1. The molecule has 2 aliphatic rings. The van der Waals surface area contributed by atoms with Crippen molar-refractivity contribution in [2.45, 2.75) is 66.3 Å². The zero-order chi connectivity index (χ0) is 26.4. The van der Waals surface area contributed by atoms with Crippen molar-refractivity contribution in [2.24, 2.45) is 5.92 Å². The van der Waals surface area contributed by atoms with Crippen LogP contribution in [0.4, 0.5) is 5.82 Å². The van der Waals surface area contributed by atoms with Crippen molar-refractivity contribution in [1.29, 1.82) is 5.26 Å². The summed E-state index contributed by atoms with van der Waals surface area (Å²) in [5.74, 6) is 0.192. The molecular weight excluding hydrogens is 496 g/mol. The van der Waals surface area contributed by atoms with Gasteiger partial charge < -0.3 is 9.64 Å². The van der Waals surface area contributed by atoms with E-state index in [0.29, 0.717) is 71.8 Å². The Morgan fingerprint density at radius 3 is 2.47 bits per heavy atom. The number of piperidine rings is 1. The predicted molar refractivity (Wildman–Crippen MR) is 147 cm³/mol. The van der Waals surface area contributed by atoms with Gasteiger partial charge in [0, 0.05) is 31.7 Å². The van der Waals surface area contributed by atoms with Gasteiger partial charge in [-0.15, -0.1) is 0 Å². The van der Waals surface area contributed by atoms with Gasteiger partial charge >= 0.3 is 5.97 Å². The van der Waals surface area contributed by atoms with Crippen LogP contribution >= 0.6 is 24.0 Å². The Hall–Kier alpha value is -2.64. The lowest BCUT2D eigenvalue weighted by molar-refractivity contribution is -0.148. The molecule has 0 bridgehead atoms. The zero-order valence-corrected chi connectivity index (χ0v) is 23.1. The standard InChI is InChI=1S/C26H34N4O4S2/c1-5-8-12-29-22(28-13-9-18(10-14-28)25(33)34-7-3)19(17(4)20(16-27)23(29)31)15-21-24(32)30(11-6-2)26(35)36-21/h15,18H,5-14H2,1-4H3. The van der Waals surface area contributed by atoms with E-state index in [1.807, 2.05) is 6.92 Å². The molecular formula is C26H34N4O4S2. The van der Waals surface area contributed by atoms with E-state index < -0.39 is 0 Å². The minimum Gasteiger partial charge on any atom is -0.466 e. The number of nitrogens with zero attached hydrogens (tertiary/aromatic N) is 4. The lowest BCUT2D eigenvalue weighted by Crippen LogP contribution is -2.41. The molecule has 3 heterocycles. The number of carbonyl (C=O) groups is 2. The van der Waals surface area contributed by atoms with E-state index in [2.05, 4.69) is 17.9 Å². The van der Waals surface area contributed by atoms with Gasteiger partial charge in [0.05, 0.1) is 17.4 Å². The minimum absolute atomic E-state index is 0.0894. The van der Waals surface area contributed by atoms with Gasteiger partial charge in [0.25, 0.3) is 11.5 Å². The van der Waals surface area contributed by atoms with Crippen molar-refractivity contribution >= 4 is 52.1 Å². The number of hydrogen-bond donors (Lipinski definition) is 0. The Morgan fingerprint density at radius 1 is 1.19 bits per heavy atom. The second kappa shape index (κ2) is 12.5. The van der Waals surface area contributed by atoms with Gasteiger partial charge in [-0.3, -0.25) is 23.9 Å². The maximum atomic E-state index is 13.4. The molecule has 0 unspecified atom stereocenters. The normalized spacial score (nSPS) is 17.7. The van der Waals surface area contributed by atoms with Crippen LogP contribution in [0.25, 0.3) is 6.08 Å². The number of rotatable bonds is 9. The largest absolute Gasteiger partial charge is 0.466 e. The maximum absolute atomic E-state index is 13.4. The van der Waals surface area contributed by atoms with Crippen molar-refractivity contribution in [3.8, 4) is 6.07 Å². The molecule has 0 saturated carbocycles. The number of thioether (sulfide) groups is 1. The summed E-state index contributed by atoms with van der Waals surface area (Å²) in [6.07, 6.45) is 5.46. The molecule has 8 nitrogen and oxygen atoms in total. The Balaban J connectivity index is 2.13. The van der Waals surface area contributed by atoms with Crippen LogP contribution < -0.4 is 10.5 Å². The Morgan fingerprint density at radius 2 is 1.89 bits per heavy atom. The molecule has 2 fully saturated rings. The predicted octanol–water partition coefficient (Wildman–Crippen LogP) is 4.22. The van der Waals surface area contributed by atoms with E-state index in [1.165, 1.54) is 11.8 Å². The first-order valence-electron chi connectivity index (χ1n) is 12.6. The van der Waals surface area contributed by atoms with Crippen LogP contribution in [0.15, 0.2) is 9.70 Å². The number of anilines is 1. The number of carbonyl (C=O) groups excluding carboxylic acids is 2.